The molecule has 35 heavy (non-hydrogen) atoms. The van der Waals surface area contributed by atoms with Crippen molar-refractivity contribution in [1.29, 1.82) is 0 Å². The van der Waals surface area contributed by atoms with Gasteiger partial charge in [0.15, 0.2) is 0 Å². The Hall–Kier alpha value is -1.62. The number of rotatable bonds is 12. The molecular weight excluding hydrogens is 482 g/mol. The fraction of sp³-hybridized carbons (Fsp3) is 0.538. The van der Waals surface area contributed by atoms with E-state index in [1.807, 2.05) is 39.7 Å². The van der Waals surface area contributed by atoms with Gasteiger partial charge in [-0.3, -0.25) is 9.66 Å². The van der Waals surface area contributed by atoms with Gasteiger partial charge in [-0.15, -0.1) is 0 Å². The minimum Gasteiger partial charge on any atom is -0.461 e. The maximum Gasteiger partial charge on any atom is 0.336 e. The second-order valence-corrected chi connectivity index (χ2v) is 12.8. The lowest BCUT2D eigenvalue weighted by molar-refractivity contribution is 0.0897. The number of ether oxygens (including phenoxy) is 1. The molecule has 2 unspecified atom stereocenters. The van der Waals surface area contributed by atoms with Crippen molar-refractivity contribution in [3.8, 4) is 0 Å². The van der Waals surface area contributed by atoms with E-state index in [0.717, 1.165) is 45.4 Å². The van der Waals surface area contributed by atoms with Gasteiger partial charge in [-0.2, -0.15) is 0 Å². The number of aliphatic imine (C=N–C) groups is 1. The van der Waals surface area contributed by atoms with Gasteiger partial charge < -0.3 is 18.1 Å². The normalized spacial score (nSPS) is 13.8. The Bertz CT molecular complexity index is 1220. The van der Waals surface area contributed by atoms with Crippen LogP contribution < -0.4 is 5.63 Å². The van der Waals surface area contributed by atoms with Crippen LogP contribution in [0.15, 0.2) is 30.8 Å². The number of nitrogens with zero attached hydrogens (tertiary/aromatic N) is 2. The van der Waals surface area contributed by atoms with Gasteiger partial charge in [-0.1, -0.05) is 0 Å². The molecule has 0 bridgehead atoms. The van der Waals surface area contributed by atoms with Crippen molar-refractivity contribution in [2.24, 2.45) is 4.99 Å². The Kier molecular flexibility index (Phi) is 10.0. The number of hydrogen-bond acceptors (Lipinski definition) is 7. The third-order valence-electron chi connectivity index (χ3n) is 5.82. The number of furan rings is 1. The molecule has 9 heteroatoms. The van der Waals surface area contributed by atoms with Gasteiger partial charge >= 0.3 is 5.63 Å². The summed E-state index contributed by atoms with van der Waals surface area (Å²) in [5, 5.41) is 1.92. The highest BCUT2D eigenvalue weighted by Crippen LogP contribution is 2.59. The highest BCUT2D eigenvalue weighted by Gasteiger charge is 2.25. The zero-order valence-electron chi connectivity index (χ0n) is 22.1. The number of fused-ring (bicyclic) bond motifs is 2. The molecule has 0 N–H and O–H groups in total. The standard InChI is InChI=1S/C26H38N2O5P2/c1-9-27-15-34-35(28(16(2)3)17(4)5)31-11-10-30-14-23-20(8)32-26-19(7)25-21(13-22(23)26)18(6)12-24(29)33-25/h12-13,15-17,34H,9-11,14H2,1-8H3. The van der Waals surface area contributed by atoms with E-state index in [1.54, 1.807) is 0 Å². The van der Waals surface area contributed by atoms with E-state index in [1.165, 1.54) is 6.07 Å². The van der Waals surface area contributed by atoms with E-state index in [-0.39, 0.29) is 5.63 Å². The Morgan fingerprint density at radius 3 is 2.40 bits per heavy atom. The molecule has 3 rings (SSSR count). The molecule has 0 spiro atoms. The molecule has 7 nitrogen and oxygen atoms in total. The molecule has 3 aromatic rings. The zero-order chi connectivity index (χ0) is 25.7. The average molecular weight is 521 g/mol. The second kappa shape index (κ2) is 12.6. The van der Waals surface area contributed by atoms with Gasteiger partial charge in [-0.05, 0) is 75.3 Å². The quantitative estimate of drug-likeness (QED) is 0.110. The summed E-state index contributed by atoms with van der Waals surface area (Å²) in [7, 11) is -0.231. The third-order valence-corrected chi connectivity index (χ3v) is 10.2. The molecular formula is C26H38N2O5P2. The van der Waals surface area contributed by atoms with Crippen LogP contribution in [0, 0.1) is 20.8 Å². The minimum atomic E-state index is -0.764. The van der Waals surface area contributed by atoms with Crippen molar-refractivity contribution in [3.63, 3.8) is 0 Å². The van der Waals surface area contributed by atoms with Gasteiger partial charge in [0.1, 0.15) is 24.9 Å². The first kappa shape index (κ1) is 28.0. The van der Waals surface area contributed by atoms with Crippen LogP contribution in [-0.2, 0) is 15.9 Å². The Morgan fingerprint density at radius 1 is 1.06 bits per heavy atom. The molecule has 192 valence electrons. The smallest absolute Gasteiger partial charge is 0.336 e. The van der Waals surface area contributed by atoms with Crippen LogP contribution in [0.1, 0.15) is 57.1 Å². The maximum absolute atomic E-state index is 11.9. The molecule has 1 aromatic carbocycles. The largest absolute Gasteiger partial charge is 0.461 e. The summed E-state index contributed by atoms with van der Waals surface area (Å²) in [6.07, 6.45) is 0. The summed E-state index contributed by atoms with van der Waals surface area (Å²) >= 11 is 0. The SMILES string of the molecule is CCN=CPP(OCCOCc1c(C)oc2c(C)c3oc(=O)cc(C)c3cc12)N(C(C)C)C(C)C. The maximum atomic E-state index is 11.9. The van der Waals surface area contributed by atoms with Gasteiger partial charge in [-0.25, -0.2) is 4.79 Å². The summed E-state index contributed by atoms with van der Waals surface area (Å²) in [6, 6.07) is 4.36. The minimum absolute atomic E-state index is 0.348. The van der Waals surface area contributed by atoms with Gasteiger partial charge in [0, 0.05) is 52.5 Å². The van der Waals surface area contributed by atoms with Gasteiger partial charge in [0.2, 0.25) is 0 Å². The van der Waals surface area contributed by atoms with Gasteiger partial charge in [0.05, 0.1) is 19.8 Å². The van der Waals surface area contributed by atoms with E-state index in [0.29, 0.717) is 45.8 Å². The van der Waals surface area contributed by atoms with Crippen molar-refractivity contribution in [3.05, 3.63) is 45.0 Å². The Morgan fingerprint density at radius 2 is 1.74 bits per heavy atom. The predicted octanol–water partition coefficient (Wildman–Crippen LogP) is 7.07. The Balaban J connectivity index is 1.71. The van der Waals surface area contributed by atoms with E-state index in [2.05, 4.69) is 37.4 Å². The fourth-order valence-electron chi connectivity index (χ4n) is 4.26. The molecule has 0 saturated carbocycles. The van der Waals surface area contributed by atoms with E-state index in [4.69, 9.17) is 18.1 Å². The molecule has 0 aliphatic heterocycles. The van der Waals surface area contributed by atoms with Crippen molar-refractivity contribution >= 4 is 44.2 Å². The monoisotopic (exact) mass is 520 g/mol. The third kappa shape index (κ3) is 6.58. The zero-order valence-corrected chi connectivity index (χ0v) is 24.0. The van der Waals surface area contributed by atoms with E-state index in [9.17, 15) is 4.79 Å². The van der Waals surface area contributed by atoms with E-state index >= 15 is 0 Å². The highest BCUT2D eigenvalue weighted by atomic mass is 32.1. The molecule has 2 aromatic heterocycles. The van der Waals surface area contributed by atoms with E-state index < -0.39 is 7.99 Å². The summed E-state index contributed by atoms with van der Waals surface area (Å²) in [5.41, 5.74) is 3.71. The fourth-order valence-corrected chi connectivity index (χ4v) is 8.87. The number of aryl methyl sites for hydroxylation is 3. The molecule has 0 fully saturated rings. The first-order chi connectivity index (χ1) is 16.6. The molecule has 2 atom stereocenters. The molecule has 0 amide bonds. The lowest BCUT2D eigenvalue weighted by atomic mass is 10.0. The highest BCUT2D eigenvalue weighted by molar-refractivity contribution is 8.24. The van der Waals surface area contributed by atoms with Crippen molar-refractivity contribution in [2.45, 2.75) is 74.1 Å². The summed E-state index contributed by atoms with van der Waals surface area (Å²) in [5.74, 6) is 2.83. The van der Waals surface area contributed by atoms with Crippen LogP contribution in [0.25, 0.3) is 21.9 Å². The molecule has 2 heterocycles. The second-order valence-electron chi connectivity index (χ2n) is 9.12. The van der Waals surface area contributed by atoms with Crippen LogP contribution in [0.5, 0.6) is 0 Å². The summed E-state index contributed by atoms with van der Waals surface area (Å²) < 4.78 is 26.4. The average Bonchev–Trinajstić information content (AvgIpc) is 3.09. The first-order valence-corrected chi connectivity index (χ1v) is 15.3. The lowest BCUT2D eigenvalue weighted by Crippen LogP contribution is -2.32. The molecule has 0 radical (unpaired) electrons. The molecule has 0 aliphatic carbocycles. The number of hydrogen-bond donors (Lipinski definition) is 0. The summed E-state index contributed by atoms with van der Waals surface area (Å²) in [6.45, 7) is 18.9. The van der Waals surface area contributed by atoms with Crippen LogP contribution in [-0.4, -0.2) is 42.5 Å². The summed E-state index contributed by atoms with van der Waals surface area (Å²) in [4.78, 5) is 16.3. The first-order valence-electron chi connectivity index (χ1n) is 12.1. The lowest BCUT2D eigenvalue weighted by Gasteiger charge is -2.36. The van der Waals surface area contributed by atoms with Crippen LogP contribution in [0.2, 0.25) is 0 Å². The molecule has 0 aliphatic rings. The van der Waals surface area contributed by atoms with Crippen molar-refractivity contribution in [2.75, 3.05) is 19.8 Å². The Labute approximate surface area is 210 Å². The topological polar surface area (TPSA) is 77.4 Å². The van der Waals surface area contributed by atoms with Crippen molar-refractivity contribution < 1.29 is 18.1 Å². The van der Waals surface area contributed by atoms with Crippen LogP contribution >= 0.6 is 16.3 Å². The predicted molar refractivity (Wildman–Crippen MR) is 148 cm³/mol. The van der Waals surface area contributed by atoms with Crippen LogP contribution in [0.3, 0.4) is 0 Å². The van der Waals surface area contributed by atoms with Gasteiger partial charge in [0.25, 0.3) is 0 Å². The van der Waals surface area contributed by atoms with Crippen molar-refractivity contribution in [1.82, 2.24) is 4.67 Å². The molecule has 0 saturated heterocycles. The van der Waals surface area contributed by atoms with Crippen LogP contribution in [0.4, 0.5) is 0 Å². The number of benzene rings is 1.